The Bertz CT molecular complexity index is 1440. The maximum absolute atomic E-state index is 15.5. The minimum absolute atomic E-state index is 0.00419. The van der Waals surface area contributed by atoms with Crippen molar-refractivity contribution in [2.24, 2.45) is 16.8 Å². The van der Waals surface area contributed by atoms with E-state index in [1.165, 1.54) is 23.5 Å². The molecule has 1 aromatic carbocycles. The molecular weight excluding hydrogens is 571 g/mol. The third-order valence-corrected chi connectivity index (χ3v) is 9.46. The molecule has 224 valence electrons. The van der Waals surface area contributed by atoms with E-state index >= 15 is 8.78 Å². The van der Waals surface area contributed by atoms with Crippen LogP contribution in [-0.2, 0) is 14.3 Å². The van der Waals surface area contributed by atoms with Gasteiger partial charge in [-0.15, -0.1) is 11.3 Å². The Labute approximate surface area is 245 Å². The first-order valence-corrected chi connectivity index (χ1v) is 15.0. The van der Waals surface area contributed by atoms with E-state index in [0.717, 1.165) is 12.8 Å². The van der Waals surface area contributed by atoms with Crippen molar-refractivity contribution in [1.82, 2.24) is 20.1 Å². The van der Waals surface area contributed by atoms with Crippen LogP contribution in [0.15, 0.2) is 46.0 Å². The van der Waals surface area contributed by atoms with E-state index in [2.05, 4.69) is 10.3 Å². The molecule has 1 saturated carbocycles. The van der Waals surface area contributed by atoms with Gasteiger partial charge in [-0.25, -0.2) is 22.9 Å². The molecule has 2 aromatic rings. The van der Waals surface area contributed by atoms with Gasteiger partial charge in [-0.05, 0) is 49.8 Å². The average Bonchev–Trinajstić information content (AvgIpc) is 3.32. The Morgan fingerprint density at radius 3 is 2.74 bits per heavy atom. The molecule has 4 aliphatic rings. The summed E-state index contributed by atoms with van der Waals surface area (Å²) in [5, 5.41) is 15.3. The number of carboxylic acids is 1. The van der Waals surface area contributed by atoms with Gasteiger partial charge in [-0.2, -0.15) is 0 Å². The molecular formula is C29H32F3N5O4S. The van der Waals surface area contributed by atoms with Crippen LogP contribution in [0.3, 0.4) is 0 Å². The lowest BCUT2D eigenvalue weighted by Crippen LogP contribution is -2.46. The maximum Gasteiger partial charge on any atom is 0.338 e. The molecule has 13 heteroatoms. The number of nitrogens with zero attached hydrogens (tertiary/aromatic N) is 4. The lowest BCUT2D eigenvalue weighted by Gasteiger charge is -2.32. The Kier molecular flexibility index (Phi) is 7.60. The zero-order valence-corrected chi connectivity index (χ0v) is 24.0. The number of fused-ring (bicyclic) bond motifs is 1. The number of rotatable bonds is 9. The van der Waals surface area contributed by atoms with Gasteiger partial charge in [-0.3, -0.25) is 19.6 Å². The van der Waals surface area contributed by atoms with Crippen LogP contribution in [-0.4, -0.2) is 88.5 Å². The van der Waals surface area contributed by atoms with Crippen molar-refractivity contribution in [2.75, 3.05) is 32.8 Å². The largest absolute Gasteiger partial charge is 0.480 e. The number of carbonyl (C=O) groups is 2. The van der Waals surface area contributed by atoms with Crippen LogP contribution in [0, 0.1) is 24.6 Å². The molecule has 2 N–H and O–H groups in total. The second-order valence-electron chi connectivity index (χ2n) is 11.3. The number of esters is 1. The van der Waals surface area contributed by atoms with Crippen molar-refractivity contribution in [3.8, 4) is 0 Å². The molecule has 0 bridgehead atoms. The summed E-state index contributed by atoms with van der Waals surface area (Å²) in [4.78, 5) is 37.9. The average molecular weight is 604 g/mol. The predicted molar refractivity (Wildman–Crippen MR) is 149 cm³/mol. The monoisotopic (exact) mass is 603 g/mol. The summed E-state index contributed by atoms with van der Waals surface area (Å²) >= 11 is 1.32. The quantitative estimate of drug-likeness (QED) is 0.419. The van der Waals surface area contributed by atoms with Crippen LogP contribution < -0.4 is 5.32 Å². The third-order valence-electron chi connectivity index (χ3n) is 8.68. The number of alkyl halides is 2. The van der Waals surface area contributed by atoms with E-state index in [1.807, 2.05) is 0 Å². The number of ether oxygens (including phenoxy) is 1. The van der Waals surface area contributed by atoms with Crippen LogP contribution in [0.1, 0.15) is 41.9 Å². The highest BCUT2D eigenvalue weighted by Crippen LogP contribution is 2.46. The number of nitrogens with one attached hydrogen (secondary N) is 1. The van der Waals surface area contributed by atoms with Crippen LogP contribution >= 0.6 is 11.3 Å². The standard InChI is InChI=1S/C29H32F3N5O4S/c1-3-41-28(40)22-20(34-25(26-33-9-10-42-26)35-23(22)17-5-4-6-19(30)15(17)2)12-37-14-29(31,32)18-11-36(13-21(18)37)24(27(38)39)16-7-8-16/h4-6,9-10,16,18,21,23-24H,3,7-8,11-14H2,1-2H3,(H,34,35)(H,38,39). The Balaban J connectivity index is 1.39. The van der Waals surface area contributed by atoms with Gasteiger partial charge in [0.2, 0.25) is 0 Å². The van der Waals surface area contributed by atoms with E-state index in [9.17, 15) is 19.1 Å². The minimum Gasteiger partial charge on any atom is -0.480 e. The minimum atomic E-state index is -3.05. The Morgan fingerprint density at radius 1 is 1.29 bits per heavy atom. The van der Waals surface area contributed by atoms with Gasteiger partial charge in [-0.1, -0.05) is 12.1 Å². The van der Waals surface area contributed by atoms with Crippen molar-refractivity contribution in [3.63, 3.8) is 0 Å². The van der Waals surface area contributed by atoms with Crippen LogP contribution in [0.5, 0.6) is 0 Å². The van der Waals surface area contributed by atoms with Crippen LogP contribution in [0.2, 0.25) is 0 Å². The fraction of sp³-hybridized carbons (Fsp3) is 0.517. The molecule has 3 fully saturated rings. The second kappa shape index (κ2) is 11.1. The molecule has 9 nitrogen and oxygen atoms in total. The van der Waals surface area contributed by atoms with E-state index < -0.39 is 54.3 Å². The molecule has 4 atom stereocenters. The third kappa shape index (κ3) is 5.22. The first kappa shape index (κ1) is 28.8. The summed E-state index contributed by atoms with van der Waals surface area (Å²) in [6.07, 6.45) is 3.17. The topological polar surface area (TPSA) is 107 Å². The molecule has 2 saturated heterocycles. The number of carbonyl (C=O) groups excluding carboxylic acids is 1. The number of amidine groups is 1. The highest BCUT2D eigenvalue weighted by atomic mass is 32.1. The molecule has 3 aliphatic heterocycles. The lowest BCUT2D eigenvalue weighted by atomic mass is 9.92. The fourth-order valence-electron chi connectivity index (χ4n) is 6.54. The number of likely N-dealkylation sites (tertiary alicyclic amines) is 2. The second-order valence-corrected chi connectivity index (χ2v) is 12.2. The van der Waals surface area contributed by atoms with Crippen molar-refractivity contribution in [2.45, 2.75) is 50.7 Å². The number of aliphatic imine (C=N–C) groups is 1. The van der Waals surface area contributed by atoms with Crippen molar-refractivity contribution in [1.29, 1.82) is 0 Å². The molecule has 1 aliphatic carbocycles. The summed E-state index contributed by atoms with van der Waals surface area (Å²) in [7, 11) is 0. The molecule has 1 aromatic heterocycles. The number of benzene rings is 1. The van der Waals surface area contributed by atoms with E-state index in [0.29, 0.717) is 27.7 Å². The zero-order chi connectivity index (χ0) is 29.8. The number of hydrogen-bond donors (Lipinski definition) is 2. The van der Waals surface area contributed by atoms with Gasteiger partial charge in [0, 0.05) is 43.0 Å². The first-order valence-electron chi connectivity index (χ1n) is 14.1. The smallest absolute Gasteiger partial charge is 0.338 e. The summed E-state index contributed by atoms with van der Waals surface area (Å²) < 4.78 is 51.0. The highest BCUT2D eigenvalue weighted by molar-refractivity contribution is 7.11. The number of aromatic nitrogens is 1. The van der Waals surface area contributed by atoms with E-state index in [4.69, 9.17) is 9.73 Å². The Morgan fingerprint density at radius 2 is 2.07 bits per heavy atom. The van der Waals surface area contributed by atoms with Gasteiger partial charge < -0.3 is 15.2 Å². The molecule has 4 unspecified atom stereocenters. The summed E-state index contributed by atoms with van der Waals surface area (Å²) in [6, 6.07) is 2.20. The number of halogens is 3. The molecule has 0 spiro atoms. The van der Waals surface area contributed by atoms with Gasteiger partial charge in [0.25, 0.3) is 5.92 Å². The number of hydrogen-bond acceptors (Lipinski definition) is 9. The van der Waals surface area contributed by atoms with E-state index in [1.54, 1.807) is 41.3 Å². The normalized spacial score (nSPS) is 26.5. The van der Waals surface area contributed by atoms with Crippen molar-refractivity contribution < 1.29 is 32.6 Å². The SMILES string of the molecule is CCOC(=O)C1=C(CN2CC(F)(F)C3CN(C(C(=O)O)C4CC4)CC32)NC(c2nccs2)=NC1c1cccc(F)c1C. The molecule has 0 amide bonds. The summed E-state index contributed by atoms with van der Waals surface area (Å²) in [5.74, 6) is -5.88. The fourth-order valence-corrected chi connectivity index (χ4v) is 7.13. The molecule has 4 heterocycles. The van der Waals surface area contributed by atoms with Gasteiger partial charge in [0.15, 0.2) is 10.8 Å². The van der Waals surface area contributed by atoms with E-state index in [-0.39, 0.29) is 37.7 Å². The van der Waals surface area contributed by atoms with Crippen LogP contribution in [0.4, 0.5) is 13.2 Å². The Hall–Kier alpha value is -3.29. The van der Waals surface area contributed by atoms with Gasteiger partial charge in [0.1, 0.15) is 17.9 Å². The van der Waals surface area contributed by atoms with Crippen molar-refractivity contribution in [3.05, 3.63) is 63.0 Å². The molecule has 42 heavy (non-hydrogen) atoms. The lowest BCUT2D eigenvalue weighted by molar-refractivity contribution is -0.144. The summed E-state index contributed by atoms with van der Waals surface area (Å²) in [6.45, 7) is 2.93. The maximum atomic E-state index is 15.5. The van der Waals surface area contributed by atoms with Crippen LogP contribution in [0.25, 0.3) is 0 Å². The zero-order valence-electron chi connectivity index (χ0n) is 23.2. The highest BCUT2D eigenvalue weighted by Gasteiger charge is 2.60. The number of carboxylic acid groups (broad SMARTS) is 1. The molecule has 6 rings (SSSR count). The van der Waals surface area contributed by atoms with Crippen molar-refractivity contribution >= 4 is 29.1 Å². The number of aliphatic carboxylic acids is 1. The predicted octanol–water partition coefficient (Wildman–Crippen LogP) is 3.61. The van der Waals surface area contributed by atoms with Gasteiger partial charge >= 0.3 is 11.9 Å². The number of thiazole rings is 1. The first-order chi connectivity index (χ1) is 20.1. The van der Waals surface area contributed by atoms with Gasteiger partial charge in [0.05, 0.1) is 24.6 Å². The summed E-state index contributed by atoms with van der Waals surface area (Å²) in [5.41, 5.74) is 1.21. The molecule has 0 radical (unpaired) electrons.